The van der Waals surface area contributed by atoms with Crippen LogP contribution in [0.1, 0.15) is 42.8 Å². The fourth-order valence-electron chi connectivity index (χ4n) is 2.15. The van der Waals surface area contributed by atoms with Crippen LogP contribution in [0.25, 0.3) is 0 Å². The molecule has 2 atom stereocenters. The highest BCUT2D eigenvalue weighted by Crippen LogP contribution is 2.34. The van der Waals surface area contributed by atoms with Crippen molar-refractivity contribution >= 4 is 12.1 Å². The minimum Gasteiger partial charge on any atom is -0.493 e. The molecule has 4 N–H and O–H groups in total. The summed E-state index contributed by atoms with van der Waals surface area (Å²) >= 11 is 0. The average Bonchev–Trinajstić information content (AvgIpc) is 2.55. The van der Waals surface area contributed by atoms with E-state index in [9.17, 15) is 24.9 Å². The number of carboxylic acids is 1. The molecule has 0 heterocycles. The van der Waals surface area contributed by atoms with Crippen LogP contribution in [0.3, 0.4) is 0 Å². The second-order valence-corrected chi connectivity index (χ2v) is 6.49. The van der Waals surface area contributed by atoms with Crippen LogP contribution in [-0.2, 0) is 4.74 Å². The first-order valence-corrected chi connectivity index (χ1v) is 7.82. The van der Waals surface area contributed by atoms with Gasteiger partial charge in [0, 0.05) is 12.1 Å². The van der Waals surface area contributed by atoms with Gasteiger partial charge in [-0.25, -0.2) is 9.59 Å². The summed E-state index contributed by atoms with van der Waals surface area (Å²) in [5, 5.41) is 32.1. The van der Waals surface area contributed by atoms with Crippen molar-refractivity contribution < 1.29 is 39.1 Å². The number of alkyl carbamates (subject to hydrolysis) is 1. The third kappa shape index (κ3) is 5.78. The highest BCUT2D eigenvalue weighted by atomic mass is 16.6. The number of rotatable bonds is 7. The molecule has 0 aliphatic carbocycles. The molecule has 0 aliphatic rings. The molecule has 1 aromatic carbocycles. The molecule has 0 bridgehead atoms. The van der Waals surface area contributed by atoms with Gasteiger partial charge in [-0.3, -0.25) is 0 Å². The molecule has 9 nitrogen and oxygen atoms in total. The number of aromatic carboxylic acids is 1. The van der Waals surface area contributed by atoms with Crippen LogP contribution in [-0.4, -0.2) is 59.9 Å². The highest BCUT2D eigenvalue weighted by molar-refractivity contribution is 5.90. The van der Waals surface area contributed by atoms with Gasteiger partial charge in [0.25, 0.3) is 0 Å². The Bertz CT molecular complexity index is 653. The Morgan fingerprint density at radius 1 is 1.12 bits per heavy atom. The summed E-state index contributed by atoms with van der Waals surface area (Å²) in [6, 6.07) is 2.46. The minimum atomic E-state index is -1.59. The molecule has 0 fully saturated rings. The van der Waals surface area contributed by atoms with Crippen molar-refractivity contribution in [2.45, 2.75) is 38.6 Å². The van der Waals surface area contributed by atoms with Crippen molar-refractivity contribution in [2.75, 3.05) is 20.8 Å². The van der Waals surface area contributed by atoms with Crippen LogP contribution >= 0.6 is 0 Å². The van der Waals surface area contributed by atoms with E-state index in [2.05, 4.69) is 5.32 Å². The quantitative estimate of drug-likeness (QED) is 0.564. The standard InChI is InChI=1S/C17H25NO8/c1-17(2,3)26-16(23)18-8-11(19)14(20)9-6-12(24-4)13(25-5)7-10(9)15(21)22/h6-7,11,14,19-20H,8H2,1-5H3,(H,18,23)(H,21,22). The normalized spacial score (nSPS) is 13.5. The second-order valence-electron chi connectivity index (χ2n) is 6.49. The fraction of sp³-hybridized carbons (Fsp3) is 0.529. The molecule has 1 amide bonds. The number of hydrogen-bond donors (Lipinski definition) is 4. The molecule has 0 spiro atoms. The average molecular weight is 371 g/mol. The third-order valence-electron chi connectivity index (χ3n) is 3.32. The zero-order valence-corrected chi connectivity index (χ0v) is 15.4. The van der Waals surface area contributed by atoms with Crippen LogP contribution in [0.15, 0.2) is 12.1 Å². The van der Waals surface area contributed by atoms with Gasteiger partial charge in [-0.05, 0) is 32.9 Å². The molecule has 2 unspecified atom stereocenters. The zero-order chi connectivity index (χ0) is 20.1. The molecular weight excluding hydrogens is 346 g/mol. The summed E-state index contributed by atoms with van der Waals surface area (Å²) in [6.45, 7) is 4.70. The molecule has 0 radical (unpaired) electrons. The van der Waals surface area contributed by atoms with E-state index in [1.54, 1.807) is 20.8 Å². The number of ether oxygens (including phenoxy) is 3. The first kappa shape index (κ1) is 21.5. The number of benzene rings is 1. The Balaban J connectivity index is 2.98. The Morgan fingerprint density at radius 3 is 2.12 bits per heavy atom. The van der Waals surface area contributed by atoms with Crippen LogP contribution < -0.4 is 14.8 Å². The van der Waals surface area contributed by atoms with E-state index >= 15 is 0 Å². The number of amides is 1. The number of aliphatic hydroxyl groups is 2. The number of methoxy groups -OCH3 is 2. The predicted molar refractivity (Wildman–Crippen MR) is 91.7 cm³/mol. The number of carbonyl (C=O) groups is 2. The molecule has 0 aliphatic heterocycles. The number of hydrogen-bond acceptors (Lipinski definition) is 7. The number of carboxylic acid groups (broad SMARTS) is 1. The number of nitrogens with one attached hydrogen (secondary N) is 1. The van der Waals surface area contributed by atoms with Gasteiger partial charge in [0.15, 0.2) is 11.5 Å². The predicted octanol–water partition coefficient (Wildman–Crippen LogP) is 1.32. The maximum atomic E-state index is 11.6. The van der Waals surface area contributed by atoms with Gasteiger partial charge in [-0.15, -0.1) is 0 Å². The van der Waals surface area contributed by atoms with Crippen molar-refractivity contribution in [3.8, 4) is 11.5 Å². The largest absolute Gasteiger partial charge is 0.493 e. The maximum absolute atomic E-state index is 11.6. The van der Waals surface area contributed by atoms with E-state index < -0.39 is 29.9 Å². The molecule has 1 aromatic rings. The van der Waals surface area contributed by atoms with E-state index in [1.165, 1.54) is 26.4 Å². The SMILES string of the molecule is COc1cc(C(=O)O)c(C(O)C(O)CNC(=O)OC(C)(C)C)cc1OC. The summed E-state index contributed by atoms with van der Waals surface area (Å²) in [4.78, 5) is 23.1. The zero-order valence-electron chi connectivity index (χ0n) is 15.4. The summed E-state index contributed by atoms with van der Waals surface area (Å²) in [6.07, 6.45) is -3.83. The Morgan fingerprint density at radius 2 is 1.65 bits per heavy atom. The lowest BCUT2D eigenvalue weighted by atomic mass is 9.97. The topological polar surface area (TPSA) is 135 Å². The molecular formula is C17H25NO8. The van der Waals surface area contributed by atoms with E-state index in [1.807, 2.05) is 0 Å². The molecule has 0 saturated heterocycles. The van der Waals surface area contributed by atoms with E-state index in [-0.39, 0.29) is 29.2 Å². The highest BCUT2D eigenvalue weighted by Gasteiger charge is 2.27. The van der Waals surface area contributed by atoms with E-state index in [4.69, 9.17) is 14.2 Å². The summed E-state index contributed by atoms with van der Waals surface area (Å²) in [5.41, 5.74) is -1.05. The summed E-state index contributed by atoms with van der Waals surface area (Å²) < 4.78 is 15.2. The molecule has 0 saturated carbocycles. The molecule has 0 aromatic heterocycles. The maximum Gasteiger partial charge on any atom is 0.407 e. The number of carbonyl (C=O) groups excluding carboxylic acids is 1. The van der Waals surface area contributed by atoms with Crippen molar-refractivity contribution in [3.63, 3.8) is 0 Å². The Hall–Kier alpha value is -2.52. The van der Waals surface area contributed by atoms with Crippen molar-refractivity contribution in [1.82, 2.24) is 5.32 Å². The van der Waals surface area contributed by atoms with Gasteiger partial charge >= 0.3 is 12.1 Å². The van der Waals surface area contributed by atoms with Crippen molar-refractivity contribution in [3.05, 3.63) is 23.3 Å². The minimum absolute atomic E-state index is 0.0753. The van der Waals surface area contributed by atoms with Crippen LogP contribution in [0, 0.1) is 0 Å². The van der Waals surface area contributed by atoms with Gasteiger partial charge in [0.05, 0.1) is 19.8 Å². The molecule has 146 valence electrons. The molecule has 1 rings (SSSR count). The van der Waals surface area contributed by atoms with Gasteiger partial charge in [0.2, 0.25) is 0 Å². The lowest BCUT2D eigenvalue weighted by Crippen LogP contribution is -2.39. The lowest BCUT2D eigenvalue weighted by Gasteiger charge is -2.23. The van der Waals surface area contributed by atoms with Crippen LogP contribution in [0.4, 0.5) is 4.79 Å². The third-order valence-corrected chi connectivity index (χ3v) is 3.32. The number of aliphatic hydroxyl groups excluding tert-OH is 2. The Labute approximate surface area is 151 Å². The van der Waals surface area contributed by atoms with Crippen LogP contribution in [0.5, 0.6) is 11.5 Å². The fourth-order valence-corrected chi connectivity index (χ4v) is 2.15. The first-order valence-electron chi connectivity index (χ1n) is 7.82. The molecule has 9 heteroatoms. The van der Waals surface area contributed by atoms with E-state index in [0.717, 1.165) is 0 Å². The lowest BCUT2D eigenvalue weighted by molar-refractivity contribution is 0.0120. The summed E-state index contributed by atoms with van der Waals surface area (Å²) in [7, 11) is 2.70. The van der Waals surface area contributed by atoms with Gasteiger partial charge < -0.3 is 34.8 Å². The monoisotopic (exact) mass is 371 g/mol. The van der Waals surface area contributed by atoms with Gasteiger partial charge in [-0.1, -0.05) is 0 Å². The van der Waals surface area contributed by atoms with Crippen LogP contribution in [0.2, 0.25) is 0 Å². The smallest absolute Gasteiger partial charge is 0.407 e. The van der Waals surface area contributed by atoms with Gasteiger partial charge in [-0.2, -0.15) is 0 Å². The van der Waals surface area contributed by atoms with Crippen molar-refractivity contribution in [2.24, 2.45) is 0 Å². The first-order chi connectivity index (χ1) is 12.0. The Kier molecular flexibility index (Phi) is 7.22. The second kappa shape index (κ2) is 8.72. The summed E-state index contributed by atoms with van der Waals surface area (Å²) in [5.74, 6) is -0.951. The van der Waals surface area contributed by atoms with Gasteiger partial charge in [0.1, 0.15) is 17.8 Å². The van der Waals surface area contributed by atoms with E-state index in [0.29, 0.717) is 0 Å². The van der Waals surface area contributed by atoms with Crippen molar-refractivity contribution in [1.29, 1.82) is 0 Å². The molecule has 26 heavy (non-hydrogen) atoms.